The van der Waals surface area contributed by atoms with Crippen molar-refractivity contribution in [1.82, 2.24) is 5.32 Å². The van der Waals surface area contributed by atoms with E-state index in [1.165, 1.54) is 11.8 Å². The highest BCUT2D eigenvalue weighted by atomic mass is 32.2. The summed E-state index contributed by atoms with van der Waals surface area (Å²) in [5.41, 5.74) is 0.874. The molecular weight excluding hydrogens is 284 g/mol. The van der Waals surface area contributed by atoms with Crippen LogP contribution in [0, 0.1) is 0 Å². The normalized spacial score (nSPS) is 25.8. The topological polar surface area (TPSA) is 49.4 Å². The predicted octanol–water partition coefficient (Wildman–Crippen LogP) is 2.57. The predicted molar refractivity (Wildman–Crippen MR) is 84.5 cm³/mol. The van der Waals surface area contributed by atoms with E-state index >= 15 is 0 Å². The number of hydrogen-bond donors (Lipinski definition) is 1. The number of thioether (sulfide) groups is 1. The average molecular weight is 304 g/mol. The van der Waals surface area contributed by atoms with E-state index < -0.39 is 4.75 Å². The molecule has 2 amide bonds. The van der Waals surface area contributed by atoms with E-state index in [-0.39, 0.29) is 17.9 Å². The highest BCUT2D eigenvalue weighted by Crippen LogP contribution is 2.44. The van der Waals surface area contributed by atoms with Gasteiger partial charge in [-0.25, -0.2) is 0 Å². The summed E-state index contributed by atoms with van der Waals surface area (Å²) in [6.07, 6.45) is 4.36. The van der Waals surface area contributed by atoms with Gasteiger partial charge in [0.2, 0.25) is 5.91 Å². The van der Waals surface area contributed by atoms with Gasteiger partial charge in [0.05, 0.1) is 5.69 Å². The highest BCUT2D eigenvalue weighted by Gasteiger charge is 2.48. The summed E-state index contributed by atoms with van der Waals surface area (Å²) in [5.74, 6) is -0.313. The van der Waals surface area contributed by atoms with Crippen LogP contribution < -0.4 is 10.2 Å². The fourth-order valence-corrected chi connectivity index (χ4v) is 4.32. The molecule has 0 aromatic heterocycles. The molecule has 1 aliphatic heterocycles. The third-order valence-corrected chi connectivity index (χ3v) is 5.71. The summed E-state index contributed by atoms with van der Waals surface area (Å²) >= 11 is 1.36. The lowest BCUT2D eigenvalue weighted by molar-refractivity contribution is -0.131. The third-order valence-electron chi connectivity index (χ3n) is 4.38. The van der Waals surface area contributed by atoms with Crippen LogP contribution in [-0.2, 0) is 9.59 Å². The maximum Gasteiger partial charge on any atom is 0.252 e. The van der Waals surface area contributed by atoms with Gasteiger partial charge in [0.25, 0.3) is 5.91 Å². The van der Waals surface area contributed by atoms with Crippen LogP contribution in [0.3, 0.4) is 0 Å². The number of hydrogen-bond acceptors (Lipinski definition) is 3. The quantitative estimate of drug-likeness (QED) is 0.854. The third kappa shape index (κ3) is 2.44. The molecule has 4 nitrogen and oxygen atoms in total. The lowest BCUT2D eigenvalue weighted by Crippen LogP contribution is -2.56. The Morgan fingerprint density at radius 2 is 2.00 bits per heavy atom. The van der Waals surface area contributed by atoms with Gasteiger partial charge in [-0.2, -0.15) is 0 Å². The monoisotopic (exact) mass is 304 g/mol. The molecule has 5 heteroatoms. The summed E-state index contributed by atoms with van der Waals surface area (Å²) in [5, 5.41) is 3.06. The van der Waals surface area contributed by atoms with Gasteiger partial charge >= 0.3 is 0 Å². The average Bonchev–Trinajstić information content (AvgIpc) is 2.98. The molecule has 2 aliphatic rings. The van der Waals surface area contributed by atoms with E-state index in [1.807, 2.05) is 24.3 Å². The maximum absolute atomic E-state index is 12.7. The Hall–Kier alpha value is -1.49. The van der Waals surface area contributed by atoms with E-state index in [4.69, 9.17) is 0 Å². The molecule has 1 aromatic carbocycles. The van der Waals surface area contributed by atoms with Crippen molar-refractivity contribution < 1.29 is 9.59 Å². The first-order chi connectivity index (χ1) is 10.0. The second-order valence-corrected chi connectivity index (χ2v) is 7.38. The van der Waals surface area contributed by atoms with E-state index in [0.29, 0.717) is 0 Å². The molecular formula is C16H20N2O2S. The lowest BCUT2D eigenvalue weighted by Gasteiger charge is -2.37. The maximum atomic E-state index is 12.7. The Morgan fingerprint density at radius 1 is 1.33 bits per heavy atom. The van der Waals surface area contributed by atoms with Gasteiger partial charge < -0.3 is 10.2 Å². The Bertz CT molecular complexity index is 583. The van der Waals surface area contributed by atoms with Crippen molar-refractivity contribution in [2.75, 3.05) is 11.9 Å². The minimum Gasteiger partial charge on any atom is -0.352 e. The number of carbonyl (C=O) groups excluding carboxylic acids is 2. The molecule has 0 radical (unpaired) electrons. The number of nitrogens with one attached hydrogen (secondary N) is 1. The number of amides is 2. The van der Waals surface area contributed by atoms with Crippen molar-refractivity contribution in [2.24, 2.45) is 0 Å². The van der Waals surface area contributed by atoms with E-state index in [1.54, 1.807) is 18.9 Å². The molecule has 0 bridgehead atoms. The molecule has 1 fully saturated rings. The molecule has 1 atom stereocenters. The summed E-state index contributed by atoms with van der Waals surface area (Å²) in [4.78, 5) is 27.9. The van der Waals surface area contributed by atoms with Crippen molar-refractivity contribution in [3.8, 4) is 0 Å². The van der Waals surface area contributed by atoms with Crippen LogP contribution in [0.15, 0.2) is 29.2 Å². The molecule has 1 heterocycles. The zero-order chi connectivity index (χ0) is 15.0. The summed E-state index contributed by atoms with van der Waals surface area (Å²) < 4.78 is -1.08. The van der Waals surface area contributed by atoms with Gasteiger partial charge in [-0.15, -0.1) is 0 Å². The molecule has 1 aromatic rings. The SMILES string of the molecule is CN1C(=O)C(C)(C(=O)NC2CCCC2)Sc2ccccc21. The van der Waals surface area contributed by atoms with Gasteiger partial charge in [0, 0.05) is 18.0 Å². The molecule has 0 saturated heterocycles. The Morgan fingerprint density at radius 3 is 2.71 bits per heavy atom. The number of carbonyl (C=O) groups is 2. The first-order valence-electron chi connectivity index (χ1n) is 7.39. The van der Waals surface area contributed by atoms with Gasteiger partial charge in [-0.05, 0) is 31.9 Å². The largest absolute Gasteiger partial charge is 0.352 e. The van der Waals surface area contributed by atoms with Crippen LogP contribution >= 0.6 is 11.8 Å². The van der Waals surface area contributed by atoms with Crippen molar-refractivity contribution in [3.63, 3.8) is 0 Å². The van der Waals surface area contributed by atoms with E-state index in [9.17, 15) is 9.59 Å². The molecule has 112 valence electrons. The number of nitrogens with zero attached hydrogens (tertiary/aromatic N) is 1. The van der Waals surface area contributed by atoms with E-state index in [0.717, 1.165) is 36.3 Å². The molecule has 21 heavy (non-hydrogen) atoms. The minimum atomic E-state index is -1.08. The van der Waals surface area contributed by atoms with Crippen LogP contribution in [-0.4, -0.2) is 29.7 Å². The van der Waals surface area contributed by atoms with Crippen LogP contribution in [0.5, 0.6) is 0 Å². The minimum absolute atomic E-state index is 0.151. The van der Waals surface area contributed by atoms with Gasteiger partial charge in [0.1, 0.15) is 0 Å². The van der Waals surface area contributed by atoms with Gasteiger partial charge in [-0.1, -0.05) is 36.7 Å². The number of anilines is 1. The number of fused-ring (bicyclic) bond motifs is 1. The second-order valence-electron chi connectivity index (χ2n) is 5.92. The Kier molecular flexibility index (Phi) is 3.69. The van der Waals surface area contributed by atoms with Crippen LogP contribution in [0.4, 0.5) is 5.69 Å². The standard InChI is InChI=1S/C16H20N2O2S/c1-16(14(19)17-11-7-3-4-8-11)15(20)18(2)12-9-5-6-10-13(12)21-16/h5-6,9-11H,3-4,7-8H2,1-2H3,(H,17,19). The molecule has 1 saturated carbocycles. The fraction of sp³-hybridized carbons (Fsp3) is 0.500. The number of para-hydroxylation sites is 1. The van der Waals surface area contributed by atoms with Crippen LogP contribution in [0.25, 0.3) is 0 Å². The summed E-state index contributed by atoms with van der Waals surface area (Å²) in [6, 6.07) is 7.94. The first-order valence-corrected chi connectivity index (χ1v) is 8.21. The van der Waals surface area contributed by atoms with Gasteiger partial charge in [-0.3, -0.25) is 9.59 Å². The van der Waals surface area contributed by atoms with Crippen LogP contribution in [0.2, 0.25) is 0 Å². The Balaban J connectivity index is 1.86. The molecule has 1 unspecified atom stereocenters. The van der Waals surface area contributed by atoms with Crippen molar-refractivity contribution in [2.45, 2.75) is 48.3 Å². The first kappa shape index (κ1) is 14.4. The zero-order valence-corrected chi connectivity index (χ0v) is 13.2. The number of benzene rings is 1. The highest BCUT2D eigenvalue weighted by molar-refractivity contribution is 8.02. The van der Waals surface area contributed by atoms with Crippen molar-refractivity contribution in [1.29, 1.82) is 0 Å². The lowest BCUT2D eigenvalue weighted by atomic mass is 10.1. The van der Waals surface area contributed by atoms with Crippen LogP contribution in [0.1, 0.15) is 32.6 Å². The van der Waals surface area contributed by atoms with Crippen molar-refractivity contribution >= 4 is 29.3 Å². The summed E-state index contributed by atoms with van der Waals surface area (Å²) in [6.45, 7) is 1.73. The summed E-state index contributed by atoms with van der Waals surface area (Å²) in [7, 11) is 1.74. The second kappa shape index (κ2) is 5.37. The molecule has 0 spiro atoms. The molecule has 3 rings (SSSR count). The Labute approximate surface area is 129 Å². The number of rotatable bonds is 2. The molecule has 1 N–H and O–H groups in total. The van der Waals surface area contributed by atoms with Crippen molar-refractivity contribution in [3.05, 3.63) is 24.3 Å². The fourth-order valence-electron chi connectivity index (χ4n) is 3.05. The molecule has 1 aliphatic carbocycles. The van der Waals surface area contributed by atoms with E-state index in [2.05, 4.69) is 5.32 Å². The van der Waals surface area contributed by atoms with Gasteiger partial charge in [0.15, 0.2) is 4.75 Å². The zero-order valence-electron chi connectivity index (χ0n) is 12.4. The smallest absolute Gasteiger partial charge is 0.252 e.